The van der Waals surface area contributed by atoms with Crippen molar-refractivity contribution in [3.8, 4) is 11.3 Å². The molecule has 0 spiro atoms. The summed E-state index contributed by atoms with van der Waals surface area (Å²) in [7, 11) is -5.68. The monoisotopic (exact) mass is 798 g/mol. The van der Waals surface area contributed by atoms with Gasteiger partial charge in [0.05, 0.1) is 22.8 Å². The van der Waals surface area contributed by atoms with Gasteiger partial charge < -0.3 is 20.1 Å². The molecule has 0 saturated carbocycles. The fourth-order valence-electron chi connectivity index (χ4n) is 5.77. The molecule has 3 aromatic rings. The van der Waals surface area contributed by atoms with Crippen molar-refractivity contribution >= 4 is 43.0 Å². The van der Waals surface area contributed by atoms with E-state index in [0.29, 0.717) is 63.6 Å². The normalized spacial score (nSPS) is 16.6. The Morgan fingerprint density at radius 1 is 0.741 bits per heavy atom. The summed E-state index contributed by atoms with van der Waals surface area (Å²) in [5.74, 6) is -1.02. The minimum Gasteiger partial charge on any atom is -0.381 e. The first-order valence-corrected chi connectivity index (χ1v) is 20.9. The highest BCUT2D eigenvalue weighted by molar-refractivity contribution is 7.93. The van der Waals surface area contributed by atoms with E-state index in [1.54, 1.807) is 17.8 Å². The average Bonchev–Trinajstić information content (AvgIpc) is 3.48. The molecule has 0 radical (unpaired) electrons. The van der Waals surface area contributed by atoms with E-state index < -0.39 is 52.7 Å². The molecule has 2 amide bonds. The summed E-state index contributed by atoms with van der Waals surface area (Å²) in [5.41, 5.74) is 0.894. The number of anilines is 2. The van der Waals surface area contributed by atoms with Gasteiger partial charge in [0.15, 0.2) is 19.7 Å². The first-order valence-electron chi connectivity index (χ1n) is 17.6. The van der Waals surface area contributed by atoms with Crippen LogP contribution >= 0.6 is 0 Å². The Labute approximate surface area is 315 Å². The lowest BCUT2D eigenvalue weighted by molar-refractivity contribution is -0.137. The number of nitrogens with zero attached hydrogens (tertiary/aromatic N) is 2. The Kier molecular flexibility index (Phi) is 13.8. The summed E-state index contributed by atoms with van der Waals surface area (Å²) in [6, 6.07) is 15.2. The van der Waals surface area contributed by atoms with Crippen LogP contribution in [0, 0.1) is 11.8 Å². The third-order valence-electron chi connectivity index (χ3n) is 9.90. The number of halogens is 3. The van der Waals surface area contributed by atoms with Gasteiger partial charge in [0.2, 0.25) is 11.8 Å². The van der Waals surface area contributed by atoms with E-state index in [9.17, 15) is 39.6 Å². The number of alkyl halides is 3. The molecule has 2 aromatic carbocycles. The molecule has 0 bridgehead atoms. The molecule has 1 aromatic heterocycles. The fraction of sp³-hybridized carbons (Fsp3) is 0.541. The third-order valence-corrected chi connectivity index (χ3v) is 15.2. The largest absolute Gasteiger partial charge is 0.416 e. The topological polar surface area (TPSA) is 163 Å². The highest BCUT2D eigenvalue weighted by atomic mass is 32.2. The zero-order valence-electron chi connectivity index (χ0n) is 31.1. The summed E-state index contributed by atoms with van der Waals surface area (Å²) in [6.07, 6.45) is -1.82. The van der Waals surface area contributed by atoms with Gasteiger partial charge in [0.25, 0.3) is 0 Å². The van der Waals surface area contributed by atoms with Crippen molar-refractivity contribution in [2.75, 3.05) is 48.6 Å². The Morgan fingerprint density at radius 2 is 1.19 bits per heavy atom. The number of sulfone groups is 2. The number of nitrogens with one attached hydrogen (secondary N) is 2. The van der Waals surface area contributed by atoms with Crippen LogP contribution in [0.1, 0.15) is 58.9 Å². The van der Waals surface area contributed by atoms with Gasteiger partial charge in [0.1, 0.15) is 15.3 Å². The molecular weight excluding hydrogens is 750 g/mol. The van der Waals surface area contributed by atoms with Gasteiger partial charge in [-0.3, -0.25) is 14.3 Å². The van der Waals surface area contributed by atoms with E-state index in [2.05, 4.69) is 15.7 Å². The van der Waals surface area contributed by atoms with Gasteiger partial charge in [-0.25, -0.2) is 16.8 Å². The molecule has 2 aliphatic rings. The molecule has 0 atom stereocenters. The van der Waals surface area contributed by atoms with Crippen LogP contribution in [0.3, 0.4) is 0 Å². The van der Waals surface area contributed by atoms with Crippen molar-refractivity contribution in [1.29, 1.82) is 0 Å². The predicted molar refractivity (Wildman–Crippen MR) is 200 cm³/mol. The van der Waals surface area contributed by atoms with Gasteiger partial charge >= 0.3 is 6.18 Å². The molecule has 2 fully saturated rings. The van der Waals surface area contributed by atoms with Crippen molar-refractivity contribution in [2.45, 2.75) is 69.0 Å². The van der Waals surface area contributed by atoms with E-state index >= 15 is 0 Å². The van der Waals surface area contributed by atoms with E-state index in [4.69, 9.17) is 9.47 Å². The number of hydrogen-bond acceptors (Lipinski definition) is 9. The zero-order chi connectivity index (χ0) is 40.0. The highest BCUT2D eigenvalue weighted by Gasteiger charge is 2.44. The van der Waals surface area contributed by atoms with Crippen molar-refractivity contribution in [3.63, 3.8) is 0 Å². The van der Waals surface area contributed by atoms with Crippen LogP contribution in [-0.4, -0.2) is 85.9 Å². The molecule has 54 heavy (non-hydrogen) atoms. The summed E-state index contributed by atoms with van der Waals surface area (Å²) in [6.45, 7) is 7.68. The van der Waals surface area contributed by atoms with Crippen LogP contribution in [0.2, 0.25) is 0 Å². The number of aryl methyl sites for hydroxylation is 1. The smallest absolute Gasteiger partial charge is 0.381 e. The second-order valence-corrected chi connectivity index (χ2v) is 19.7. The lowest BCUT2D eigenvalue weighted by atomic mass is 10.0. The van der Waals surface area contributed by atoms with Gasteiger partial charge in [-0.05, 0) is 89.5 Å². The molecule has 12 nitrogen and oxygen atoms in total. The third kappa shape index (κ3) is 10.7. The van der Waals surface area contributed by atoms with E-state index in [-0.39, 0.29) is 29.0 Å². The lowest BCUT2D eigenvalue weighted by Crippen LogP contribution is -2.47. The molecule has 2 N–H and O–H groups in total. The van der Waals surface area contributed by atoms with E-state index in [1.807, 2.05) is 30.3 Å². The summed E-state index contributed by atoms with van der Waals surface area (Å²) >= 11 is 0. The highest BCUT2D eigenvalue weighted by Crippen LogP contribution is 2.31. The molecule has 298 valence electrons. The SMILES string of the molecule is CC(C)(C(=O)Nc1ccc(C(F)(F)F)cc1)S(=O)(=O)CC1CCOCC1.Cn1nc(-c2ccccc2)cc1NC(=O)C(C)(C)S(=O)(=O)CC1CCOCC1. The summed E-state index contributed by atoms with van der Waals surface area (Å²) in [5, 5.41) is 9.55. The predicted octanol–water partition coefficient (Wildman–Crippen LogP) is 5.91. The molecule has 5 rings (SSSR count). The molecule has 3 heterocycles. The standard InChI is InChI=1S/C20H27N3O4S.C17H22F3NO4S/c1-20(2,28(25,26)14-15-9-11-27-12-10-15)19(24)21-18-13-17(22-23(18)3)16-7-5-4-6-8-16;1-16(2,26(23,24)11-12-7-9-25-10-8-12)15(22)21-14-5-3-13(4-6-14)17(18,19)20/h4-8,13,15H,9-12,14H2,1-3H3,(H,21,24);3-6,12H,7-11H2,1-2H3,(H,21,22). The van der Waals surface area contributed by atoms with Crippen LogP contribution in [0.15, 0.2) is 60.7 Å². The number of ether oxygens (including phenoxy) is 2. The molecule has 0 aliphatic carbocycles. The Balaban J connectivity index is 0.000000241. The van der Waals surface area contributed by atoms with E-state index in [1.165, 1.54) is 27.7 Å². The van der Waals surface area contributed by atoms with Gasteiger partial charge in [0, 0.05) is 50.8 Å². The van der Waals surface area contributed by atoms with Gasteiger partial charge in [-0.15, -0.1) is 0 Å². The second kappa shape index (κ2) is 17.3. The maximum absolute atomic E-state index is 12.9. The number of aromatic nitrogens is 2. The van der Waals surface area contributed by atoms with Crippen LogP contribution < -0.4 is 10.6 Å². The number of rotatable bonds is 11. The maximum Gasteiger partial charge on any atom is 0.416 e. The Hall–Kier alpha value is -3.80. The number of amides is 2. The summed E-state index contributed by atoms with van der Waals surface area (Å²) < 4.78 is 97.8. The van der Waals surface area contributed by atoms with Gasteiger partial charge in [-0.2, -0.15) is 18.3 Å². The second-order valence-electron chi connectivity index (χ2n) is 14.6. The Bertz CT molecular complexity index is 1950. The van der Waals surface area contributed by atoms with Crippen molar-refractivity contribution in [3.05, 3.63) is 66.2 Å². The maximum atomic E-state index is 12.9. The van der Waals surface area contributed by atoms with E-state index in [0.717, 1.165) is 29.8 Å². The van der Waals surface area contributed by atoms with Crippen molar-refractivity contribution in [1.82, 2.24) is 9.78 Å². The number of carbonyl (C=O) groups excluding carboxylic acids is 2. The zero-order valence-corrected chi connectivity index (χ0v) is 32.7. The summed E-state index contributed by atoms with van der Waals surface area (Å²) in [4.78, 5) is 25.3. The molecule has 2 saturated heterocycles. The minimum absolute atomic E-state index is 0.00255. The number of carbonyl (C=O) groups is 2. The first kappa shape index (κ1) is 42.9. The average molecular weight is 799 g/mol. The minimum atomic E-state index is -4.48. The van der Waals surface area contributed by atoms with Crippen molar-refractivity contribution < 1.29 is 49.1 Å². The Morgan fingerprint density at radius 3 is 1.63 bits per heavy atom. The first-order chi connectivity index (χ1) is 25.1. The van der Waals surface area contributed by atoms with Crippen LogP contribution in [0.4, 0.5) is 24.7 Å². The molecule has 17 heteroatoms. The molecule has 0 unspecified atom stereocenters. The quantitative estimate of drug-likeness (QED) is 0.240. The van der Waals surface area contributed by atoms with Crippen LogP contribution in [0.25, 0.3) is 11.3 Å². The molecule has 2 aliphatic heterocycles. The van der Waals surface area contributed by atoms with Crippen molar-refractivity contribution in [2.24, 2.45) is 18.9 Å². The number of benzene rings is 2. The van der Waals surface area contributed by atoms with Crippen LogP contribution in [-0.2, 0) is 52.0 Å². The fourth-order valence-corrected chi connectivity index (χ4v) is 9.18. The number of hydrogen-bond donors (Lipinski definition) is 2. The lowest BCUT2D eigenvalue weighted by Gasteiger charge is -2.28. The van der Waals surface area contributed by atoms with Crippen LogP contribution in [0.5, 0.6) is 0 Å². The molecular formula is C37H49F3N4O8S2. The van der Waals surface area contributed by atoms with Gasteiger partial charge in [-0.1, -0.05) is 30.3 Å².